The molecule has 0 amide bonds. The van der Waals surface area contributed by atoms with Gasteiger partial charge in [0.1, 0.15) is 5.82 Å². The van der Waals surface area contributed by atoms with Gasteiger partial charge in [0.05, 0.1) is 12.2 Å². The van der Waals surface area contributed by atoms with Gasteiger partial charge < -0.3 is 13.9 Å². The third-order valence-electron chi connectivity index (χ3n) is 3.00. The zero-order valence-corrected chi connectivity index (χ0v) is 15.7. The molecule has 3 nitrogen and oxygen atoms in total. The highest BCUT2D eigenvalue weighted by Gasteiger charge is 2.33. The summed E-state index contributed by atoms with van der Waals surface area (Å²) in [4.78, 5) is 0. The fourth-order valence-corrected chi connectivity index (χ4v) is 2.62. The lowest BCUT2D eigenvalue weighted by atomic mass is 10.1. The van der Waals surface area contributed by atoms with Gasteiger partial charge in [0.2, 0.25) is 0 Å². The summed E-state index contributed by atoms with van der Waals surface area (Å²) >= 11 is 0. The number of rotatable bonds is 9. The van der Waals surface area contributed by atoms with Crippen LogP contribution in [0.4, 0.5) is 4.39 Å². The Hall–Kier alpha value is -0.753. The first-order chi connectivity index (χ1) is 9.87. The highest BCUT2D eigenvalue weighted by molar-refractivity contribution is 5.98. The van der Waals surface area contributed by atoms with Gasteiger partial charge in [-0.15, -0.1) is 0 Å². The molecule has 0 unspecified atom stereocenters. The highest BCUT2D eigenvalue weighted by Crippen LogP contribution is 2.25. The van der Waals surface area contributed by atoms with E-state index in [1.807, 2.05) is 39.8 Å². The smallest absolute Gasteiger partial charge is 0.273 e. The Bertz CT molecular complexity index is 396. The predicted octanol–water partition coefficient (Wildman–Crippen LogP) is 2.95. The van der Waals surface area contributed by atoms with Crippen molar-refractivity contribution in [1.82, 2.24) is 0 Å². The van der Waals surface area contributed by atoms with E-state index >= 15 is 0 Å². The summed E-state index contributed by atoms with van der Waals surface area (Å²) in [6.45, 7) is 7.88. The van der Waals surface area contributed by atoms with Crippen LogP contribution in [0.2, 0.25) is 0 Å². The number of halogens is 1. The highest BCUT2D eigenvalue weighted by atomic mass is 28.2. The van der Waals surface area contributed by atoms with Gasteiger partial charge >= 0.3 is 0 Å². The van der Waals surface area contributed by atoms with Crippen molar-refractivity contribution >= 4 is 10.5 Å². The minimum atomic E-state index is -0.950. The molecule has 1 aromatic carbocycles. The summed E-state index contributed by atoms with van der Waals surface area (Å²) < 4.78 is 30.3. The Kier molecular flexibility index (Phi) is 7.52. The SMILES string of the molecule is CC(C)OC(CCCc1ccc(F)cc1)(O[SiH3])OC(C)C. The Morgan fingerprint density at radius 1 is 1.05 bits per heavy atom. The Morgan fingerprint density at radius 3 is 2.00 bits per heavy atom. The third-order valence-corrected chi connectivity index (χ3v) is 3.63. The number of aryl methyl sites for hydroxylation is 1. The molecule has 0 spiro atoms. The first-order valence-electron chi connectivity index (χ1n) is 7.52. The summed E-state index contributed by atoms with van der Waals surface area (Å²) in [5.74, 6) is -1.16. The van der Waals surface area contributed by atoms with Gasteiger partial charge in [0, 0.05) is 6.42 Å². The van der Waals surface area contributed by atoms with Gasteiger partial charge in [-0.25, -0.2) is 4.39 Å². The van der Waals surface area contributed by atoms with Crippen LogP contribution >= 0.6 is 0 Å². The molecule has 0 N–H and O–H groups in total. The van der Waals surface area contributed by atoms with Crippen molar-refractivity contribution in [2.75, 3.05) is 0 Å². The minimum absolute atomic E-state index is 0.0310. The van der Waals surface area contributed by atoms with Crippen LogP contribution in [-0.2, 0) is 20.3 Å². The summed E-state index contributed by atoms with van der Waals surface area (Å²) in [5.41, 5.74) is 1.10. The van der Waals surface area contributed by atoms with Crippen molar-refractivity contribution in [2.24, 2.45) is 0 Å². The van der Waals surface area contributed by atoms with Gasteiger partial charge in [-0.3, -0.25) is 0 Å². The topological polar surface area (TPSA) is 27.7 Å². The summed E-state index contributed by atoms with van der Waals surface area (Å²) in [6, 6.07) is 6.60. The average molecular weight is 314 g/mol. The second kappa shape index (κ2) is 8.63. The quantitative estimate of drug-likeness (QED) is 0.518. The summed E-state index contributed by atoms with van der Waals surface area (Å²) in [7, 11) is 0.543. The second-order valence-corrected chi connectivity index (χ2v) is 6.11. The van der Waals surface area contributed by atoms with Crippen LogP contribution in [0, 0.1) is 5.82 Å². The molecule has 120 valence electrons. The van der Waals surface area contributed by atoms with E-state index in [1.165, 1.54) is 12.1 Å². The Morgan fingerprint density at radius 2 is 1.57 bits per heavy atom. The fraction of sp³-hybridized carbons (Fsp3) is 0.625. The molecule has 0 atom stereocenters. The molecule has 0 aliphatic carbocycles. The summed E-state index contributed by atoms with van der Waals surface area (Å²) in [6.07, 6.45) is 2.42. The van der Waals surface area contributed by atoms with Crippen molar-refractivity contribution < 1.29 is 18.3 Å². The first kappa shape index (κ1) is 18.3. The predicted molar refractivity (Wildman–Crippen MR) is 85.5 cm³/mol. The maximum Gasteiger partial charge on any atom is 0.273 e. The molecular formula is C16H27FO3Si. The van der Waals surface area contributed by atoms with E-state index in [1.54, 1.807) is 0 Å². The fourth-order valence-electron chi connectivity index (χ4n) is 2.22. The number of hydrogen-bond donors (Lipinski definition) is 0. The molecule has 0 heterocycles. The van der Waals surface area contributed by atoms with E-state index in [9.17, 15) is 4.39 Å². The van der Waals surface area contributed by atoms with Crippen LogP contribution in [0.5, 0.6) is 0 Å². The van der Waals surface area contributed by atoms with Crippen molar-refractivity contribution in [3.8, 4) is 0 Å². The number of hydrogen-bond acceptors (Lipinski definition) is 3. The van der Waals surface area contributed by atoms with Crippen LogP contribution in [-0.4, -0.2) is 28.7 Å². The maximum atomic E-state index is 12.9. The molecule has 0 aromatic heterocycles. The zero-order chi connectivity index (χ0) is 15.9. The van der Waals surface area contributed by atoms with Gasteiger partial charge in [-0.2, -0.15) is 0 Å². The van der Waals surface area contributed by atoms with Gasteiger partial charge in [0.25, 0.3) is 5.97 Å². The zero-order valence-electron chi connectivity index (χ0n) is 13.7. The molecule has 0 aliphatic rings. The molecule has 1 rings (SSSR count). The summed E-state index contributed by atoms with van der Waals surface area (Å²) in [5, 5.41) is 0. The lowest BCUT2D eigenvalue weighted by Crippen LogP contribution is -2.42. The molecule has 0 fully saturated rings. The van der Waals surface area contributed by atoms with Crippen LogP contribution in [0.1, 0.15) is 46.1 Å². The molecule has 21 heavy (non-hydrogen) atoms. The maximum absolute atomic E-state index is 12.9. The van der Waals surface area contributed by atoms with Crippen LogP contribution in [0.25, 0.3) is 0 Å². The first-order valence-corrected chi connectivity index (χ1v) is 8.34. The van der Waals surface area contributed by atoms with Crippen LogP contribution in [0.3, 0.4) is 0 Å². The van der Waals surface area contributed by atoms with E-state index in [-0.39, 0.29) is 18.0 Å². The minimum Gasteiger partial charge on any atom is -0.380 e. The standard InChI is InChI=1S/C16H27FO3Si/c1-12(2)18-16(20-21,19-13(3)4)11-5-6-14-7-9-15(17)10-8-14/h7-10,12-13H,5-6,11H2,1-4,21H3. The molecule has 1 aromatic rings. The normalized spacial score (nSPS) is 12.5. The molecule has 5 heteroatoms. The van der Waals surface area contributed by atoms with Crippen molar-refractivity contribution in [3.05, 3.63) is 35.6 Å². The van der Waals surface area contributed by atoms with E-state index in [0.29, 0.717) is 16.9 Å². The molecule has 0 radical (unpaired) electrons. The third kappa shape index (κ3) is 6.69. The van der Waals surface area contributed by atoms with Gasteiger partial charge in [0.15, 0.2) is 10.5 Å². The van der Waals surface area contributed by atoms with Crippen molar-refractivity contribution in [3.63, 3.8) is 0 Å². The molecular weight excluding hydrogens is 287 g/mol. The second-order valence-electron chi connectivity index (χ2n) is 5.70. The largest absolute Gasteiger partial charge is 0.380 e. The van der Waals surface area contributed by atoms with Crippen molar-refractivity contribution in [2.45, 2.75) is 65.1 Å². The van der Waals surface area contributed by atoms with E-state index in [0.717, 1.165) is 18.4 Å². The van der Waals surface area contributed by atoms with E-state index in [4.69, 9.17) is 13.9 Å². The molecule has 0 saturated carbocycles. The number of benzene rings is 1. The Balaban J connectivity index is 2.61. The van der Waals surface area contributed by atoms with Crippen LogP contribution in [0.15, 0.2) is 24.3 Å². The average Bonchev–Trinajstić information content (AvgIpc) is 2.39. The van der Waals surface area contributed by atoms with Crippen molar-refractivity contribution in [1.29, 1.82) is 0 Å². The van der Waals surface area contributed by atoms with E-state index in [2.05, 4.69) is 0 Å². The molecule has 0 bridgehead atoms. The molecule has 0 saturated heterocycles. The van der Waals surface area contributed by atoms with Gasteiger partial charge in [-0.05, 0) is 58.2 Å². The number of ether oxygens (including phenoxy) is 2. The van der Waals surface area contributed by atoms with Crippen LogP contribution < -0.4 is 0 Å². The van der Waals surface area contributed by atoms with E-state index < -0.39 is 5.97 Å². The lowest BCUT2D eigenvalue weighted by molar-refractivity contribution is -0.369. The Labute approximate surface area is 130 Å². The van der Waals surface area contributed by atoms with Gasteiger partial charge in [-0.1, -0.05) is 12.1 Å². The monoisotopic (exact) mass is 314 g/mol. The lowest BCUT2D eigenvalue weighted by Gasteiger charge is -2.36. The molecule has 0 aliphatic heterocycles.